The summed E-state index contributed by atoms with van der Waals surface area (Å²) < 4.78 is 22.7. The summed E-state index contributed by atoms with van der Waals surface area (Å²) in [6.45, 7) is 2.57. The van der Waals surface area contributed by atoms with Crippen LogP contribution in [0.1, 0.15) is 28.6 Å². The Bertz CT molecular complexity index is 428. The second-order valence-electron chi connectivity index (χ2n) is 3.71. The lowest BCUT2D eigenvalue weighted by molar-refractivity contribution is 0.591. The van der Waals surface area contributed by atoms with Crippen molar-refractivity contribution in [1.82, 2.24) is 15.5 Å². The van der Waals surface area contributed by atoms with Gasteiger partial charge < -0.3 is 5.32 Å². The van der Waals surface area contributed by atoms with Gasteiger partial charge >= 0.3 is 0 Å². The van der Waals surface area contributed by atoms with Crippen molar-refractivity contribution in [1.29, 1.82) is 0 Å². The van der Waals surface area contributed by atoms with E-state index < -0.39 is 15.1 Å². The maximum Gasteiger partial charge on any atom is 0.156 e. The van der Waals surface area contributed by atoms with Gasteiger partial charge in [-0.1, -0.05) is 0 Å². The Kier molecular flexibility index (Phi) is 4.82. The predicted octanol–water partition coefficient (Wildman–Crippen LogP) is 0.796. The van der Waals surface area contributed by atoms with Gasteiger partial charge in [-0.3, -0.25) is 0 Å². The van der Waals surface area contributed by atoms with Gasteiger partial charge in [0.25, 0.3) is 0 Å². The fraction of sp³-hybridized carbons (Fsp3) is 0.778. The molecule has 0 spiro atoms. The van der Waals surface area contributed by atoms with E-state index in [1.54, 1.807) is 6.92 Å². The SMILES string of the molecule is CNCCCc1nnc(C(C)S(C)(=O)=O)s1. The number of sulfone groups is 1. The normalized spacial score (nSPS) is 13.9. The molecule has 0 bridgehead atoms. The summed E-state index contributed by atoms with van der Waals surface area (Å²) in [6, 6.07) is 0. The molecular formula is C9H17N3O2S2. The van der Waals surface area contributed by atoms with E-state index in [0.29, 0.717) is 5.01 Å². The number of hydrogen-bond acceptors (Lipinski definition) is 6. The molecular weight excluding hydrogens is 246 g/mol. The molecule has 1 atom stereocenters. The smallest absolute Gasteiger partial charge is 0.156 e. The molecule has 0 aliphatic rings. The molecule has 7 heteroatoms. The van der Waals surface area contributed by atoms with Gasteiger partial charge in [0.15, 0.2) is 9.84 Å². The molecule has 1 unspecified atom stereocenters. The van der Waals surface area contributed by atoms with Gasteiger partial charge in [-0.2, -0.15) is 0 Å². The van der Waals surface area contributed by atoms with Gasteiger partial charge in [0.2, 0.25) is 0 Å². The van der Waals surface area contributed by atoms with Crippen LogP contribution >= 0.6 is 11.3 Å². The van der Waals surface area contributed by atoms with Crippen LogP contribution in [0.25, 0.3) is 0 Å². The van der Waals surface area contributed by atoms with Crippen molar-refractivity contribution in [2.75, 3.05) is 19.8 Å². The highest BCUT2D eigenvalue weighted by molar-refractivity contribution is 7.91. The van der Waals surface area contributed by atoms with Gasteiger partial charge in [-0.05, 0) is 26.9 Å². The molecule has 1 aromatic rings. The second-order valence-corrected chi connectivity index (χ2v) is 7.17. The van der Waals surface area contributed by atoms with Gasteiger partial charge in [0.1, 0.15) is 15.3 Å². The minimum Gasteiger partial charge on any atom is -0.320 e. The summed E-state index contributed by atoms with van der Waals surface area (Å²) in [4.78, 5) is 0. The van der Waals surface area contributed by atoms with Crippen molar-refractivity contribution in [3.63, 3.8) is 0 Å². The van der Waals surface area contributed by atoms with Crippen LogP contribution in [0.2, 0.25) is 0 Å². The maximum atomic E-state index is 11.3. The second kappa shape index (κ2) is 5.70. The summed E-state index contributed by atoms with van der Waals surface area (Å²) in [7, 11) is -1.17. The Morgan fingerprint density at radius 1 is 1.44 bits per heavy atom. The monoisotopic (exact) mass is 263 g/mol. The summed E-state index contributed by atoms with van der Waals surface area (Å²) in [5.74, 6) is 0. The molecule has 5 nitrogen and oxygen atoms in total. The molecule has 92 valence electrons. The quantitative estimate of drug-likeness (QED) is 0.768. The van der Waals surface area contributed by atoms with Crippen molar-refractivity contribution in [2.24, 2.45) is 0 Å². The molecule has 16 heavy (non-hydrogen) atoms. The van der Waals surface area contributed by atoms with Crippen molar-refractivity contribution >= 4 is 21.2 Å². The molecule has 0 saturated heterocycles. The topological polar surface area (TPSA) is 72.0 Å². The Morgan fingerprint density at radius 3 is 2.69 bits per heavy atom. The van der Waals surface area contributed by atoms with Crippen LogP contribution in [0.3, 0.4) is 0 Å². The Hall–Kier alpha value is -0.530. The largest absolute Gasteiger partial charge is 0.320 e. The standard InChI is InChI=1S/C9H17N3O2S2/c1-7(16(3,13)14)9-12-11-8(15-9)5-4-6-10-2/h7,10H,4-6H2,1-3H3. The van der Waals surface area contributed by atoms with E-state index in [-0.39, 0.29) is 0 Å². The molecule has 1 aromatic heterocycles. The van der Waals surface area contributed by atoms with Crippen LogP contribution in [-0.2, 0) is 16.3 Å². The van der Waals surface area contributed by atoms with Crippen LogP contribution in [-0.4, -0.2) is 38.5 Å². The summed E-state index contributed by atoms with van der Waals surface area (Å²) in [6.07, 6.45) is 3.05. The van der Waals surface area contributed by atoms with Crippen LogP contribution in [0.15, 0.2) is 0 Å². The minimum absolute atomic E-state index is 0.553. The van der Waals surface area contributed by atoms with Gasteiger partial charge in [0, 0.05) is 12.7 Å². The molecule has 0 saturated carbocycles. The number of aryl methyl sites for hydroxylation is 1. The van der Waals surface area contributed by atoms with Gasteiger partial charge in [-0.15, -0.1) is 21.5 Å². The number of nitrogens with one attached hydrogen (secondary N) is 1. The van der Waals surface area contributed by atoms with E-state index in [1.165, 1.54) is 17.6 Å². The molecule has 0 aliphatic heterocycles. The first-order valence-electron chi connectivity index (χ1n) is 5.11. The zero-order chi connectivity index (χ0) is 12.2. The van der Waals surface area contributed by atoms with E-state index in [1.807, 2.05) is 7.05 Å². The highest BCUT2D eigenvalue weighted by Gasteiger charge is 2.21. The zero-order valence-corrected chi connectivity index (χ0v) is 11.4. The number of nitrogens with zero attached hydrogens (tertiary/aromatic N) is 2. The van der Waals surface area contributed by atoms with Crippen molar-refractivity contribution in [3.05, 3.63) is 10.0 Å². The molecule has 0 radical (unpaired) electrons. The molecule has 0 fully saturated rings. The third-order valence-corrected chi connectivity index (χ3v) is 5.11. The lowest BCUT2D eigenvalue weighted by Crippen LogP contribution is -2.08. The number of rotatable bonds is 6. The predicted molar refractivity (Wildman–Crippen MR) is 65.4 cm³/mol. The number of aromatic nitrogens is 2. The molecule has 1 rings (SSSR count). The van der Waals surface area contributed by atoms with E-state index in [9.17, 15) is 8.42 Å². The first-order valence-corrected chi connectivity index (χ1v) is 7.88. The lowest BCUT2D eigenvalue weighted by Gasteiger charge is -2.02. The van der Waals surface area contributed by atoms with Crippen molar-refractivity contribution in [3.8, 4) is 0 Å². The third kappa shape index (κ3) is 3.80. The van der Waals surface area contributed by atoms with Crippen LogP contribution in [0.5, 0.6) is 0 Å². The maximum absolute atomic E-state index is 11.3. The summed E-state index contributed by atoms with van der Waals surface area (Å²) in [5.41, 5.74) is 0. The fourth-order valence-electron chi connectivity index (χ4n) is 1.13. The highest BCUT2D eigenvalue weighted by atomic mass is 32.2. The highest BCUT2D eigenvalue weighted by Crippen LogP contribution is 2.24. The number of hydrogen-bond donors (Lipinski definition) is 1. The molecule has 1 heterocycles. The van der Waals surface area contributed by atoms with E-state index in [0.717, 1.165) is 24.4 Å². The summed E-state index contributed by atoms with van der Waals surface area (Å²) in [5, 5.41) is 11.9. The Morgan fingerprint density at radius 2 is 2.12 bits per heavy atom. The average Bonchev–Trinajstić information content (AvgIpc) is 2.64. The Labute approximate surface area is 100 Å². The van der Waals surface area contributed by atoms with E-state index in [2.05, 4.69) is 15.5 Å². The van der Waals surface area contributed by atoms with Gasteiger partial charge in [0.05, 0.1) is 0 Å². The molecule has 0 amide bonds. The van der Waals surface area contributed by atoms with Crippen molar-refractivity contribution < 1.29 is 8.42 Å². The van der Waals surface area contributed by atoms with Crippen LogP contribution < -0.4 is 5.32 Å². The zero-order valence-electron chi connectivity index (χ0n) is 9.73. The van der Waals surface area contributed by atoms with Crippen molar-refractivity contribution in [2.45, 2.75) is 25.0 Å². The Balaban J connectivity index is 2.64. The van der Waals surface area contributed by atoms with Crippen LogP contribution in [0, 0.1) is 0 Å². The minimum atomic E-state index is -3.07. The molecule has 1 N–H and O–H groups in total. The first kappa shape index (κ1) is 13.5. The third-order valence-electron chi connectivity index (χ3n) is 2.29. The summed E-state index contributed by atoms with van der Waals surface area (Å²) >= 11 is 1.39. The first-order chi connectivity index (χ1) is 7.45. The average molecular weight is 263 g/mol. The molecule has 0 aromatic carbocycles. The molecule has 0 aliphatic carbocycles. The van der Waals surface area contributed by atoms with E-state index in [4.69, 9.17) is 0 Å². The van der Waals surface area contributed by atoms with Gasteiger partial charge in [-0.25, -0.2) is 8.42 Å². The van der Waals surface area contributed by atoms with Crippen LogP contribution in [0.4, 0.5) is 0 Å². The van der Waals surface area contributed by atoms with E-state index >= 15 is 0 Å². The fourth-order valence-corrected chi connectivity index (χ4v) is 3.03. The lowest BCUT2D eigenvalue weighted by atomic mass is 10.3.